The van der Waals surface area contributed by atoms with E-state index in [4.69, 9.17) is 0 Å². The highest BCUT2D eigenvalue weighted by Crippen LogP contribution is 2.30. The molecule has 4 nitrogen and oxygen atoms in total. The molecule has 3 aromatic rings. The molecule has 0 saturated carbocycles. The molecule has 0 spiro atoms. The van der Waals surface area contributed by atoms with Gasteiger partial charge in [0.1, 0.15) is 11.6 Å². The van der Waals surface area contributed by atoms with Crippen LogP contribution in [0.5, 0.6) is 0 Å². The molecule has 0 saturated heterocycles. The van der Waals surface area contributed by atoms with Gasteiger partial charge in [0, 0.05) is 17.5 Å². The largest absolute Gasteiger partial charge is 0.338 e. The van der Waals surface area contributed by atoms with Gasteiger partial charge in [0.05, 0.1) is 11.2 Å². The minimum atomic E-state index is -0.416. The zero-order valence-electron chi connectivity index (χ0n) is 12.3. The van der Waals surface area contributed by atoms with Crippen molar-refractivity contribution in [2.75, 3.05) is 10.6 Å². The summed E-state index contributed by atoms with van der Waals surface area (Å²) in [5.41, 5.74) is 2.69. The van der Waals surface area contributed by atoms with E-state index in [1.54, 1.807) is 6.07 Å². The van der Waals surface area contributed by atoms with Crippen LogP contribution < -0.4 is 10.6 Å². The molecule has 2 heterocycles. The molecule has 1 aliphatic heterocycles. The first-order valence-corrected chi connectivity index (χ1v) is 7.44. The molecule has 0 radical (unpaired) electrons. The normalized spacial score (nSPS) is 13.5. The van der Waals surface area contributed by atoms with Crippen LogP contribution in [0.2, 0.25) is 0 Å². The molecule has 1 aromatic heterocycles. The van der Waals surface area contributed by atoms with E-state index in [0.717, 1.165) is 16.5 Å². The number of hydrogen-bond donors (Lipinski definition) is 2. The van der Waals surface area contributed by atoms with Crippen LogP contribution in [0.1, 0.15) is 12.0 Å². The maximum atomic E-state index is 14.3. The third kappa shape index (κ3) is 2.61. The number of para-hydroxylation sites is 1. The zero-order valence-corrected chi connectivity index (χ0v) is 12.3. The molecule has 2 aromatic carbocycles. The standard InChI is InChI=1S/C18H14FN3O/c19-13-10-15-12(6-8-18(23)22-15)9-16(13)21-17-7-5-11-3-1-2-4-14(11)20-17/h1-5,7,9-10H,6,8H2,(H,20,21)(H,22,23). The van der Waals surface area contributed by atoms with Gasteiger partial charge >= 0.3 is 0 Å². The molecule has 0 atom stereocenters. The van der Waals surface area contributed by atoms with Crippen molar-refractivity contribution in [2.45, 2.75) is 12.8 Å². The fourth-order valence-electron chi connectivity index (χ4n) is 2.77. The summed E-state index contributed by atoms with van der Waals surface area (Å²) in [6.07, 6.45) is 1.04. The van der Waals surface area contributed by atoms with Gasteiger partial charge in [0.2, 0.25) is 5.91 Å². The van der Waals surface area contributed by atoms with E-state index in [0.29, 0.717) is 30.0 Å². The van der Waals surface area contributed by atoms with Crippen LogP contribution >= 0.6 is 0 Å². The number of rotatable bonds is 2. The second-order valence-corrected chi connectivity index (χ2v) is 5.55. The van der Waals surface area contributed by atoms with Gasteiger partial charge in [-0.3, -0.25) is 4.79 Å². The van der Waals surface area contributed by atoms with Gasteiger partial charge in [-0.2, -0.15) is 0 Å². The van der Waals surface area contributed by atoms with Gasteiger partial charge in [-0.1, -0.05) is 18.2 Å². The maximum Gasteiger partial charge on any atom is 0.224 e. The van der Waals surface area contributed by atoms with Crippen molar-refractivity contribution in [3.8, 4) is 0 Å². The van der Waals surface area contributed by atoms with Crippen molar-refractivity contribution in [2.24, 2.45) is 0 Å². The van der Waals surface area contributed by atoms with Crippen LogP contribution in [0.15, 0.2) is 48.5 Å². The number of hydrogen-bond acceptors (Lipinski definition) is 3. The average molecular weight is 307 g/mol. The highest BCUT2D eigenvalue weighted by molar-refractivity contribution is 5.94. The molecule has 1 amide bonds. The third-order valence-corrected chi connectivity index (χ3v) is 3.95. The SMILES string of the molecule is O=C1CCc2cc(Nc3ccc4ccccc4n3)c(F)cc2N1. The Morgan fingerprint density at radius 2 is 1.96 bits per heavy atom. The number of nitrogens with one attached hydrogen (secondary N) is 2. The van der Waals surface area contributed by atoms with Crippen molar-refractivity contribution in [3.63, 3.8) is 0 Å². The quantitative estimate of drug-likeness (QED) is 0.752. The fourth-order valence-corrected chi connectivity index (χ4v) is 2.77. The molecule has 1 aliphatic rings. The number of benzene rings is 2. The van der Waals surface area contributed by atoms with Crippen LogP contribution in [-0.4, -0.2) is 10.9 Å². The molecule has 4 rings (SSSR count). The number of anilines is 3. The lowest BCUT2D eigenvalue weighted by molar-refractivity contribution is -0.116. The van der Waals surface area contributed by atoms with E-state index in [1.165, 1.54) is 6.07 Å². The Bertz CT molecular complexity index is 923. The van der Waals surface area contributed by atoms with E-state index < -0.39 is 5.82 Å². The summed E-state index contributed by atoms with van der Waals surface area (Å²) in [5.74, 6) is 0.0945. The van der Waals surface area contributed by atoms with Gasteiger partial charge in [0.25, 0.3) is 0 Å². The van der Waals surface area contributed by atoms with E-state index in [-0.39, 0.29) is 5.91 Å². The van der Waals surface area contributed by atoms with Gasteiger partial charge in [-0.05, 0) is 42.3 Å². The smallest absolute Gasteiger partial charge is 0.224 e. The molecule has 0 aliphatic carbocycles. The molecule has 114 valence electrons. The lowest BCUT2D eigenvalue weighted by Crippen LogP contribution is -2.19. The Morgan fingerprint density at radius 1 is 1.09 bits per heavy atom. The minimum Gasteiger partial charge on any atom is -0.338 e. The Labute approximate surface area is 132 Å². The van der Waals surface area contributed by atoms with E-state index in [1.807, 2.05) is 36.4 Å². The Kier molecular flexibility index (Phi) is 3.19. The highest BCUT2D eigenvalue weighted by Gasteiger charge is 2.17. The summed E-state index contributed by atoms with van der Waals surface area (Å²) in [6, 6.07) is 14.6. The number of fused-ring (bicyclic) bond motifs is 2. The molecule has 0 unspecified atom stereocenters. The van der Waals surface area contributed by atoms with Gasteiger partial charge < -0.3 is 10.6 Å². The molecule has 5 heteroatoms. The number of carbonyl (C=O) groups is 1. The summed E-state index contributed by atoms with van der Waals surface area (Å²) in [6.45, 7) is 0. The number of pyridine rings is 1. The summed E-state index contributed by atoms with van der Waals surface area (Å²) < 4.78 is 14.3. The van der Waals surface area contributed by atoms with Gasteiger partial charge in [-0.15, -0.1) is 0 Å². The molecule has 2 N–H and O–H groups in total. The van der Waals surface area contributed by atoms with Crippen LogP contribution in [0, 0.1) is 5.82 Å². The van der Waals surface area contributed by atoms with Crippen molar-refractivity contribution in [3.05, 3.63) is 59.9 Å². The molecular formula is C18H14FN3O. The van der Waals surface area contributed by atoms with Crippen LogP contribution in [0.3, 0.4) is 0 Å². The first-order valence-electron chi connectivity index (χ1n) is 7.44. The zero-order chi connectivity index (χ0) is 15.8. The average Bonchev–Trinajstić information content (AvgIpc) is 2.56. The molecule has 0 fully saturated rings. The second kappa shape index (κ2) is 5.35. The fraction of sp³-hybridized carbons (Fsp3) is 0.111. The van der Waals surface area contributed by atoms with Crippen LogP contribution in [-0.2, 0) is 11.2 Å². The second-order valence-electron chi connectivity index (χ2n) is 5.55. The molecular weight excluding hydrogens is 293 g/mol. The number of nitrogens with zero attached hydrogens (tertiary/aromatic N) is 1. The summed E-state index contributed by atoms with van der Waals surface area (Å²) >= 11 is 0. The van der Waals surface area contributed by atoms with E-state index >= 15 is 0 Å². The van der Waals surface area contributed by atoms with Crippen molar-refractivity contribution in [1.29, 1.82) is 0 Å². The van der Waals surface area contributed by atoms with Crippen LogP contribution in [0.4, 0.5) is 21.6 Å². The number of aromatic nitrogens is 1. The first kappa shape index (κ1) is 13.7. The first-order chi connectivity index (χ1) is 11.2. The lowest BCUT2D eigenvalue weighted by Gasteiger charge is -2.18. The Balaban J connectivity index is 1.68. The monoisotopic (exact) mass is 307 g/mol. The summed E-state index contributed by atoms with van der Waals surface area (Å²) in [7, 11) is 0. The molecule has 23 heavy (non-hydrogen) atoms. The number of halogens is 1. The van der Waals surface area contributed by atoms with Gasteiger partial charge in [0.15, 0.2) is 0 Å². The van der Waals surface area contributed by atoms with Crippen LogP contribution in [0.25, 0.3) is 10.9 Å². The molecule has 0 bridgehead atoms. The van der Waals surface area contributed by atoms with Crippen molar-refractivity contribution < 1.29 is 9.18 Å². The predicted molar refractivity (Wildman–Crippen MR) is 88.4 cm³/mol. The summed E-state index contributed by atoms with van der Waals surface area (Å²) in [5, 5.41) is 6.75. The van der Waals surface area contributed by atoms with Crippen molar-refractivity contribution in [1.82, 2.24) is 4.98 Å². The minimum absolute atomic E-state index is 0.0752. The third-order valence-electron chi connectivity index (χ3n) is 3.95. The van der Waals surface area contributed by atoms with Gasteiger partial charge in [-0.25, -0.2) is 9.37 Å². The maximum absolute atomic E-state index is 14.3. The number of aryl methyl sites for hydroxylation is 1. The highest BCUT2D eigenvalue weighted by atomic mass is 19.1. The van der Waals surface area contributed by atoms with Crippen molar-refractivity contribution >= 4 is 34.0 Å². The number of carbonyl (C=O) groups excluding carboxylic acids is 1. The Morgan fingerprint density at radius 3 is 2.87 bits per heavy atom. The Hall–Kier alpha value is -2.95. The predicted octanol–water partition coefficient (Wildman–Crippen LogP) is 4.00. The number of amides is 1. The topological polar surface area (TPSA) is 54.0 Å². The van der Waals surface area contributed by atoms with E-state index in [2.05, 4.69) is 15.6 Å². The lowest BCUT2D eigenvalue weighted by atomic mass is 10.0. The summed E-state index contributed by atoms with van der Waals surface area (Å²) in [4.78, 5) is 15.9. The van der Waals surface area contributed by atoms with E-state index in [9.17, 15) is 9.18 Å².